The number of nitrogens with zero attached hydrogens (tertiary/aromatic N) is 3. The normalized spacial score (nSPS) is 11.8. The summed E-state index contributed by atoms with van der Waals surface area (Å²) in [7, 11) is 0. The van der Waals surface area contributed by atoms with Gasteiger partial charge in [0.05, 0.1) is 44.8 Å². The summed E-state index contributed by atoms with van der Waals surface area (Å²) in [5.41, 5.74) is 11.9. The van der Waals surface area contributed by atoms with Gasteiger partial charge in [0.15, 0.2) is 0 Å². The molecule has 0 saturated carbocycles. The van der Waals surface area contributed by atoms with Crippen LogP contribution in [-0.4, -0.2) is 14.1 Å². The average molecular weight is 934 g/mol. The number of aromatic nitrogens is 3. The Bertz CT molecular complexity index is 3750. The summed E-state index contributed by atoms with van der Waals surface area (Å²) in [4.78, 5) is 5.21. The van der Waals surface area contributed by atoms with E-state index in [9.17, 15) is 0 Å². The Labute approximate surface area is 414 Å². The SMILES string of the molecule is FC(F)(F)c1c(-n2c3cc(-c4ccccc4)ccc3c3ccc(-c4ccccc4)cc32)cc(-c2cccc(-c3ccccc3)n2)cc1-n1c2cc(-c3ccccc3)ccc2c2ccc(-c3ccccc3)cc21. The number of alkyl halides is 3. The molecule has 13 aromatic rings. The quantitative estimate of drug-likeness (QED) is 0.149. The Hall–Kier alpha value is -9.26. The predicted molar refractivity (Wildman–Crippen MR) is 291 cm³/mol. The fourth-order valence-electron chi connectivity index (χ4n) is 10.6. The molecule has 0 N–H and O–H groups in total. The zero-order valence-corrected chi connectivity index (χ0v) is 38.7. The smallest absolute Gasteiger partial charge is 0.308 e. The molecule has 3 nitrogen and oxygen atoms in total. The molecule has 3 heterocycles. The zero-order chi connectivity index (χ0) is 48.3. The number of benzene rings is 10. The van der Waals surface area contributed by atoms with Crippen LogP contribution in [0.5, 0.6) is 0 Å². The second-order valence-corrected chi connectivity index (χ2v) is 18.2. The molecule has 13 rings (SSSR count). The Kier molecular flexibility index (Phi) is 10.3. The lowest BCUT2D eigenvalue weighted by molar-refractivity contribution is -0.137. The molecule has 10 aromatic carbocycles. The second-order valence-electron chi connectivity index (χ2n) is 18.2. The van der Waals surface area contributed by atoms with Gasteiger partial charge < -0.3 is 9.13 Å². The van der Waals surface area contributed by atoms with E-state index in [0.29, 0.717) is 39.0 Å². The van der Waals surface area contributed by atoms with Crippen LogP contribution in [0.15, 0.2) is 255 Å². The largest absolute Gasteiger partial charge is 0.420 e. The number of rotatable bonds is 8. The minimum atomic E-state index is -4.86. The van der Waals surface area contributed by atoms with Crippen LogP contribution in [0.1, 0.15) is 5.56 Å². The molecule has 0 atom stereocenters. The molecule has 0 saturated heterocycles. The summed E-state index contributed by atoms with van der Waals surface area (Å²) >= 11 is 0. The van der Waals surface area contributed by atoms with Crippen molar-refractivity contribution in [3.8, 4) is 78.4 Å². The number of halogens is 3. The van der Waals surface area contributed by atoms with Gasteiger partial charge in [-0.15, -0.1) is 0 Å². The fraction of sp³-hybridized carbons (Fsp3) is 0.0152. The third kappa shape index (κ3) is 7.44. The number of pyridine rings is 1. The molecule has 0 aliphatic heterocycles. The highest BCUT2D eigenvalue weighted by atomic mass is 19.4. The van der Waals surface area contributed by atoms with E-state index in [2.05, 4.69) is 24.3 Å². The Morgan fingerprint density at radius 2 is 0.556 bits per heavy atom. The second kappa shape index (κ2) is 17.3. The van der Waals surface area contributed by atoms with Crippen molar-refractivity contribution in [2.24, 2.45) is 0 Å². The molecule has 0 radical (unpaired) electrons. The highest BCUT2D eigenvalue weighted by molar-refractivity contribution is 6.13. The molecular weight excluding hydrogens is 892 g/mol. The van der Waals surface area contributed by atoms with Gasteiger partial charge in [0.25, 0.3) is 0 Å². The molecular formula is C66H42F3N3. The standard InChI is InChI=1S/C66H42F3N3/c67-66(68,69)65-63(71-59-37-48(43-17-6-1-7-18-43)29-33-53(59)54-34-30-49(38-60(54)71)44-19-8-2-9-20-44)41-52(58-28-16-27-57(70-58)47-25-14-5-15-26-47)42-64(65)72-61-39-50(45-21-10-3-11-22-45)31-35-55(61)56-36-32-51(40-62(56)72)46-23-12-4-13-24-46/h1-42H. The van der Waals surface area contributed by atoms with Crippen molar-refractivity contribution in [3.63, 3.8) is 0 Å². The molecule has 0 bridgehead atoms. The maximum Gasteiger partial charge on any atom is 0.420 e. The van der Waals surface area contributed by atoms with Gasteiger partial charge in [-0.25, -0.2) is 4.98 Å². The molecule has 0 aliphatic rings. The summed E-state index contributed by atoms with van der Waals surface area (Å²) in [6, 6.07) is 83.5. The number of fused-ring (bicyclic) bond motifs is 6. The molecule has 0 aliphatic carbocycles. The van der Waals surface area contributed by atoms with Gasteiger partial charge in [0.1, 0.15) is 5.56 Å². The lowest BCUT2D eigenvalue weighted by Gasteiger charge is -2.23. The molecule has 0 spiro atoms. The van der Waals surface area contributed by atoms with E-state index in [-0.39, 0.29) is 11.4 Å². The van der Waals surface area contributed by atoms with Crippen molar-refractivity contribution in [2.75, 3.05) is 0 Å². The lowest BCUT2D eigenvalue weighted by Crippen LogP contribution is -2.16. The summed E-state index contributed by atoms with van der Waals surface area (Å²) in [6.45, 7) is 0. The van der Waals surface area contributed by atoms with Gasteiger partial charge in [-0.3, -0.25) is 0 Å². The third-order valence-electron chi connectivity index (χ3n) is 13.9. The molecule has 0 amide bonds. The van der Waals surface area contributed by atoms with E-state index < -0.39 is 11.7 Å². The minimum absolute atomic E-state index is 0.00855. The molecule has 6 heteroatoms. The highest BCUT2D eigenvalue weighted by Gasteiger charge is 2.40. The van der Waals surface area contributed by atoms with Crippen LogP contribution in [0.4, 0.5) is 13.2 Å². The van der Waals surface area contributed by atoms with E-state index in [1.165, 1.54) is 0 Å². The van der Waals surface area contributed by atoms with Crippen LogP contribution in [-0.2, 0) is 6.18 Å². The monoisotopic (exact) mass is 933 g/mol. The summed E-state index contributed by atoms with van der Waals surface area (Å²) in [6.07, 6.45) is -4.86. The Balaban J connectivity index is 1.20. The van der Waals surface area contributed by atoms with Crippen LogP contribution < -0.4 is 0 Å². The topological polar surface area (TPSA) is 22.8 Å². The summed E-state index contributed by atoms with van der Waals surface area (Å²) in [5.74, 6) is 0. The molecule has 342 valence electrons. The predicted octanol–water partition coefficient (Wildman–Crippen LogP) is 18.3. The molecule has 0 fully saturated rings. The highest BCUT2D eigenvalue weighted by Crippen LogP contribution is 2.48. The van der Waals surface area contributed by atoms with Crippen LogP contribution in [0.25, 0.3) is 122 Å². The number of hydrogen-bond acceptors (Lipinski definition) is 1. The Morgan fingerprint density at radius 3 is 0.861 bits per heavy atom. The number of hydrogen-bond donors (Lipinski definition) is 0. The summed E-state index contributed by atoms with van der Waals surface area (Å²) < 4.78 is 55.4. The van der Waals surface area contributed by atoms with Crippen LogP contribution in [0.2, 0.25) is 0 Å². The van der Waals surface area contributed by atoms with E-state index in [1.54, 1.807) is 12.1 Å². The third-order valence-corrected chi connectivity index (χ3v) is 13.9. The van der Waals surface area contributed by atoms with Crippen LogP contribution in [0, 0.1) is 0 Å². The molecule has 3 aromatic heterocycles. The summed E-state index contributed by atoms with van der Waals surface area (Å²) in [5, 5.41) is 3.35. The van der Waals surface area contributed by atoms with Crippen molar-refractivity contribution in [1.29, 1.82) is 0 Å². The Morgan fingerprint density at radius 1 is 0.264 bits per heavy atom. The maximum atomic E-state index is 17.2. The first-order valence-electron chi connectivity index (χ1n) is 24.0. The lowest BCUT2D eigenvalue weighted by atomic mass is 10.0. The van der Waals surface area contributed by atoms with E-state index >= 15 is 13.2 Å². The van der Waals surface area contributed by atoms with Crippen molar-refractivity contribution >= 4 is 43.6 Å². The van der Waals surface area contributed by atoms with Gasteiger partial charge in [-0.05, 0) is 93.0 Å². The van der Waals surface area contributed by atoms with Crippen molar-refractivity contribution in [1.82, 2.24) is 14.1 Å². The zero-order valence-electron chi connectivity index (χ0n) is 38.7. The maximum absolute atomic E-state index is 17.2. The van der Waals surface area contributed by atoms with Crippen molar-refractivity contribution in [3.05, 3.63) is 260 Å². The van der Waals surface area contributed by atoms with Crippen molar-refractivity contribution in [2.45, 2.75) is 6.18 Å². The first-order valence-corrected chi connectivity index (χ1v) is 24.0. The first kappa shape index (κ1) is 42.8. The van der Waals surface area contributed by atoms with Gasteiger partial charge in [0.2, 0.25) is 0 Å². The van der Waals surface area contributed by atoms with Crippen molar-refractivity contribution < 1.29 is 13.2 Å². The molecule has 0 unspecified atom stereocenters. The molecule has 72 heavy (non-hydrogen) atoms. The van der Waals surface area contributed by atoms with E-state index in [0.717, 1.165) is 71.6 Å². The van der Waals surface area contributed by atoms with Crippen LogP contribution >= 0.6 is 0 Å². The fourth-order valence-corrected chi connectivity index (χ4v) is 10.6. The van der Waals surface area contributed by atoms with Gasteiger partial charge in [-0.1, -0.05) is 206 Å². The minimum Gasteiger partial charge on any atom is -0.308 e. The van der Waals surface area contributed by atoms with E-state index in [1.807, 2.05) is 228 Å². The first-order chi connectivity index (χ1) is 35.3. The van der Waals surface area contributed by atoms with Crippen LogP contribution in [0.3, 0.4) is 0 Å². The van der Waals surface area contributed by atoms with E-state index in [4.69, 9.17) is 4.98 Å². The van der Waals surface area contributed by atoms with Gasteiger partial charge in [0, 0.05) is 32.7 Å². The van der Waals surface area contributed by atoms with Gasteiger partial charge >= 0.3 is 6.18 Å². The van der Waals surface area contributed by atoms with Gasteiger partial charge in [-0.2, -0.15) is 13.2 Å². The average Bonchev–Trinajstić information content (AvgIpc) is 3.95.